The first-order valence-electron chi connectivity index (χ1n) is 7.59. The minimum Gasteiger partial charge on any atom is -0.354 e. The van der Waals surface area contributed by atoms with Crippen molar-refractivity contribution in [3.8, 4) is 11.3 Å². The highest BCUT2D eigenvalue weighted by Crippen LogP contribution is 2.28. The lowest BCUT2D eigenvalue weighted by atomic mass is 10.1. The third-order valence-corrected chi connectivity index (χ3v) is 4.02. The molecule has 1 N–H and O–H groups in total. The maximum atomic E-state index is 14.1. The topological polar surface area (TPSA) is 50.7 Å². The van der Waals surface area contributed by atoms with Gasteiger partial charge >= 0.3 is 0 Å². The predicted molar refractivity (Wildman–Crippen MR) is 97.5 cm³/mol. The lowest BCUT2D eigenvalue weighted by molar-refractivity contribution is 0.630. The van der Waals surface area contributed by atoms with Crippen LogP contribution in [0, 0.1) is 5.82 Å². The monoisotopic (exact) mass is 350 g/mol. The molecule has 4 nitrogen and oxygen atoms in total. The number of pyridine rings is 1. The zero-order valence-corrected chi connectivity index (χ0v) is 13.7. The quantitative estimate of drug-likeness (QED) is 0.549. The van der Waals surface area contributed by atoms with Crippen LogP contribution >= 0.6 is 11.6 Å². The molecule has 122 valence electrons. The van der Waals surface area contributed by atoms with E-state index in [1.54, 1.807) is 18.5 Å². The Morgan fingerprint density at radius 2 is 1.88 bits per heavy atom. The summed E-state index contributed by atoms with van der Waals surface area (Å²) in [4.78, 5) is 4.34. The molecule has 0 saturated heterocycles. The van der Waals surface area contributed by atoms with E-state index in [1.807, 2.05) is 30.3 Å². The van der Waals surface area contributed by atoms with Gasteiger partial charge in [0.15, 0.2) is 0 Å². The third-order valence-electron chi connectivity index (χ3n) is 3.79. The Balaban J connectivity index is 1.74. The number of nitrogens with zero attached hydrogens (tertiary/aromatic N) is 3. The summed E-state index contributed by atoms with van der Waals surface area (Å²) in [6.45, 7) is 0. The molecule has 0 unspecified atom stereocenters. The Morgan fingerprint density at radius 3 is 2.80 bits per heavy atom. The summed E-state index contributed by atoms with van der Waals surface area (Å²) < 4.78 is 14.1. The van der Waals surface area contributed by atoms with Gasteiger partial charge in [-0.1, -0.05) is 29.8 Å². The van der Waals surface area contributed by atoms with E-state index in [0.29, 0.717) is 22.0 Å². The van der Waals surface area contributed by atoms with Gasteiger partial charge in [-0.05, 0) is 36.4 Å². The molecule has 0 atom stereocenters. The number of nitrogens with one attached hydrogen (secondary N) is 1. The number of halogens is 2. The fourth-order valence-electron chi connectivity index (χ4n) is 2.62. The summed E-state index contributed by atoms with van der Waals surface area (Å²) in [6, 6.07) is 15.8. The van der Waals surface area contributed by atoms with Crippen LogP contribution in [0.25, 0.3) is 22.2 Å². The molecule has 0 aliphatic carbocycles. The Bertz CT molecular complexity index is 1060. The molecule has 0 bridgehead atoms. The minimum atomic E-state index is -0.398. The molecule has 2 heterocycles. The molecular weight excluding hydrogens is 339 g/mol. The van der Waals surface area contributed by atoms with E-state index < -0.39 is 5.82 Å². The zero-order chi connectivity index (χ0) is 17.2. The van der Waals surface area contributed by atoms with Gasteiger partial charge in [0.05, 0.1) is 23.1 Å². The van der Waals surface area contributed by atoms with Gasteiger partial charge in [-0.3, -0.25) is 4.98 Å². The van der Waals surface area contributed by atoms with E-state index in [2.05, 4.69) is 20.5 Å². The standard InChI is InChI=1S/C19H12ClFN4/c20-12-5-6-16(21)15(9-12)19-10-13(11-23-25-19)24-18-7-8-22-17-4-2-1-3-14(17)18/h1-11H,(H,22,24,25). The van der Waals surface area contributed by atoms with Gasteiger partial charge in [-0.2, -0.15) is 10.2 Å². The first kappa shape index (κ1) is 15.5. The molecule has 0 fully saturated rings. The molecular formula is C19H12ClFN4. The van der Waals surface area contributed by atoms with Crippen molar-refractivity contribution in [1.29, 1.82) is 0 Å². The van der Waals surface area contributed by atoms with E-state index in [0.717, 1.165) is 16.6 Å². The van der Waals surface area contributed by atoms with Gasteiger partial charge in [0.1, 0.15) is 5.82 Å². The Labute approximate surface area is 148 Å². The number of hydrogen-bond donors (Lipinski definition) is 1. The van der Waals surface area contributed by atoms with E-state index in [9.17, 15) is 4.39 Å². The van der Waals surface area contributed by atoms with Gasteiger partial charge in [-0.15, -0.1) is 0 Å². The maximum absolute atomic E-state index is 14.1. The van der Waals surface area contributed by atoms with E-state index in [-0.39, 0.29) is 0 Å². The maximum Gasteiger partial charge on any atom is 0.132 e. The molecule has 6 heteroatoms. The lowest BCUT2D eigenvalue weighted by Gasteiger charge is -2.10. The smallest absolute Gasteiger partial charge is 0.132 e. The van der Waals surface area contributed by atoms with Crippen LogP contribution in [0.4, 0.5) is 15.8 Å². The highest BCUT2D eigenvalue weighted by atomic mass is 35.5. The van der Waals surface area contributed by atoms with Crippen LogP contribution in [0.5, 0.6) is 0 Å². The highest BCUT2D eigenvalue weighted by Gasteiger charge is 2.10. The normalized spacial score (nSPS) is 10.8. The van der Waals surface area contributed by atoms with Gasteiger partial charge in [0.25, 0.3) is 0 Å². The Kier molecular flexibility index (Phi) is 3.99. The van der Waals surface area contributed by atoms with Crippen LogP contribution in [-0.2, 0) is 0 Å². The van der Waals surface area contributed by atoms with Gasteiger partial charge in [0, 0.05) is 27.9 Å². The molecule has 0 aliphatic heterocycles. The first-order valence-corrected chi connectivity index (χ1v) is 7.97. The molecule has 25 heavy (non-hydrogen) atoms. The van der Waals surface area contributed by atoms with Crippen LogP contribution in [0.3, 0.4) is 0 Å². The van der Waals surface area contributed by atoms with E-state index >= 15 is 0 Å². The van der Waals surface area contributed by atoms with Crippen molar-refractivity contribution in [3.05, 3.63) is 77.8 Å². The van der Waals surface area contributed by atoms with Crippen molar-refractivity contribution in [3.63, 3.8) is 0 Å². The predicted octanol–water partition coefficient (Wildman–Crippen LogP) is 5.23. The number of fused-ring (bicyclic) bond motifs is 1. The minimum absolute atomic E-state index is 0.309. The largest absolute Gasteiger partial charge is 0.354 e. The van der Waals surface area contributed by atoms with Gasteiger partial charge < -0.3 is 5.32 Å². The average molecular weight is 351 g/mol. The fourth-order valence-corrected chi connectivity index (χ4v) is 2.79. The first-order chi connectivity index (χ1) is 12.2. The highest BCUT2D eigenvalue weighted by molar-refractivity contribution is 6.30. The third kappa shape index (κ3) is 3.14. The molecule has 0 amide bonds. The number of anilines is 2. The lowest BCUT2D eigenvalue weighted by Crippen LogP contribution is -1.97. The van der Waals surface area contributed by atoms with Crippen molar-refractivity contribution < 1.29 is 4.39 Å². The van der Waals surface area contributed by atoms with Crippen LogP contribution < -0.4 is 5.32 Å². The van der Waals surface area contributed by atoms with Crippen LogP contribution in [0.15, 0.2) is 67.0 Å². The molecule has 4 aromatic rings. The van der Waals surface area contributed by atoms with E-state index in [4.69, 9.17) is 11.6 Å². The van der Waals surface area contributed by atoms with Crippen LogP contribution in [0.1, 0.15) is 0 Å². The number of benzene rings is 2. The second kappa shape index (κ2) is 6.45. The zero-order valence-electron chi connectivity index (χ0n) is 12.9. The van der Waals surface area contributed by atoms with Gasteiger partial charge in [-0.25, -0.2) is 4.39 Å². The number of rotatable bonds is 3. The van der Waals surface area contributed by atoms with Crippen LogP contribution in [0.2, 0.25) is 5.02 Å². The number of aromatic nitrogens is 3. The second-order valence-corrected chi connectivity index (χ2v) is 5.89. The molecule has 0 saturated carbocycles. The number of hydrogen-bond acceptors (Lipinski definition) is 4. The number of para-hydroxylation sites is 1. The van der Waals surface area contributed by atoms with Crippen molar-refractivity contribution >= 4 is 33.9 Å². The average Bonchev–Trinajstić information content (AvgIpc) is 2.64. The van der Waals surface area contributed by atoms with Crippen molar-refractivity contribution in [2.24, 2.45) is 0 Å². The summed E-state index contributed by atoms with van der Waals surface area (Å²) in [6.07, 6.45) is 3.32. The summed E-state index contributed by atoms with van der Waals surface area (Å²) in [5.74, 6) is -0.398. The fraction of sp³-hybridized carbons (Fsp3) is 0. The Morgan fingerprint density at radius 1 is 1.00 bits per heavy atom. The summed E-state index contributed by atoms with van der Waals surface area (Å²) in [5.41, 5.74) is 3.18. The van der Waals surface area contributed by atoms with Gasteiger partial charge in [0.2, 0.25) is 0 Å². The summed E-state index contributed by atoms with van der Waals surface area (Å²) in [5, 5.41) is 12.7. The molecule has 4 rings (SSSR count). The van der Waals surface area contributed by atoms with Crippen molar-refractivity contribution in [2.45, 2.75) is 0 Å². The second-order valence-electron chi connectivity index (χ2n) is 5.45. The van der Waals surface area contributed by atoms with E-state index in [1.165, 1.54) is 18.2 Å². The Hall–Kier alpha value is -3.05. The summed E-state index contributed by atoms with van der Waals surface area (Å²) >= 11 is 5.96. The molecule has 0 aliphatic rings. The van der Waals surface area contributed by atoms with Crippen molar-refractivity contribution in [2.75, 3.05) is 5.32 Å². The molecule has 0 radical (unpaired) electrons. The molecule has 2 aromatic carbocycles. The molecule has 2 aromatic heterocycles. The SMILES string of the molecule is Fc1ccc(Cl)cc1-c1cc(Nc2ccnc3ccccc23)cnn1. The van der Waals surface area contributed by atoms with Crippen molar-refractivity contribution in [1.82, 2.24) is 15.2 Å². The molecule has 0 spiro atoms. The summed E-state index contributed by atoms with van der Waals surface area (Å²) in [7, 11) is 0. The van der Waals surface area contributed by atoms with Crippen LogP contribution in [-0.4, -0.2) is 15.2 Å².